The highest BCUT2D eigenvalue weighted by molar-refractivity contribution is 5.84. The Morgan fingerprint density at radius 3 is 2.44 bits per heavy atom. The SMILES string of the molecule is COc1cc(CNC(=O)CCNC(=O)C23CC4CC(CC(C4)C2)C3)ccn1. The molecule has 0 aromatic carbocycles. The zero-order valence-electron chi connectivity index (χ0n) is 16.0. The summed E-state index contributed by atoms with van der Waals surface area (Å²) < 4.78 is 5.08. The molecule has 27 heavy (non-hydrogen) atoms. The number of hydrogen-bond donors (Lipinski definition) is 2. The second-order valence-electron chi connectivity index (χ2n) is 8.69. The van der Waals surface area contributed by atoms with E-state index < -0.39 is 0 Å². The minimum absolute atomic E-state index is 0.0587. The summed E-state index contributed by atoms with van der Waals surface area (Å²) in [7, 11) is 1.57. The highest BCUT2D eigenvalue weighted by Crippen LogP contribution is 2.60. The van der Waals surface area contributed by atoms with Gasteiger partial charge in [-0.15, -0.1) is 0 Å². The topological polar surface area (TPSA) is 80.3 Å². The largest absolute Gasteiger partial charge is 0.481 e. The average molecular weight is 371 g/mol. The Kier molecular flexibility index (Phi) is 5.06. The first-order chi connectivity index (χ1) is 13.1. The summed E-state index contributed by atoms with van der Waals surface area (Å²) in [6, 6.07) is 3.65. The van der Waals surface area contributed by atoms with Gasteiger partial charge in [-0.1, -0.05) is 0 Å². The van der Waals surface area contributed by atoms with Crippen molar-refractivity contribution in [3.05, 3.63) is 23.9 Å². The smallest absolute Gasteiger partial charge is 0.226 e. The Labute approximate surface area is 160 Å². The molecule has 4 aliphatic carbocycles. The second-order valence-corrected chi connectivity index (χ2v) is 8.69. The van der Waals surface area contributed by atoms with Crippen LogP contribution in [-0.4, -0.2) is 30.5 Å². The molecule has 2 amide bonds. The van der Waals surface area contributed by atoms with Crippen LogP contribution in [0.25, 0.3) is 0 Å². The highest BCUT2D eigenvalue weighted by Gasteiger charge is 2.54. The van der Waals surface area contributed by atoms with E-state index >= 15 is 0 Å². The first-order valence-corrected chi connectivity index (χ1v) is 10.1. The standard InChI is InChI=1S/C21H29N3O3/c1-27-19-9-14(2-4-22-19)13-24-18(25)3-5-23-20(26)21-10-15-6-16(11-21)8-17(7-15)12-21/h2,4,9,15-17H,3,5-8,10-13H2,1H3,(H,23,26)(H,24,25). The third kappa shape index (κ3) is 3.94. The highest BCUT2D eigenvalue weighted by atomic mass is 16.5. The quantitative estimate of drug-likeness (QED) is 0.771. The van der Waals surface area contributed by atoms with Crippen molar-refractivity contribution in [2.45, 2.75) is 51.5 Å². The Morgan fingerprint density at radius 2 is 1.81 bits per heavy atom. The fourth-order valence-electron chi connectivity index (χ4n) is 5.83. The van der Waals surface area contributed by atoms with Crippen molar-refractivity contribution < 1.29 is 14.3 Å². The van der Waals surface area contributed by atoms with Crippen LogP contribution in [0.4, 0.5) is 0 Å². The molecule has 1 aromatic rings. The number of methoxy groups -OCH3 is 1. The van der Waals surface area contributed by atoms with Crippen molar-refractivity contribution in [1.82, 2.24) is 15.6 Å². The van der Waals surface area contributed by atoms with Gasteiger partial charge in [-0.25, -0.2) is 4.98 Å². The van der Waals surface area contributed by atoms with Crippen molar-refractivity contribution in [2.75, 3.05) is 13.7 Å². The van der Waals surface area contributed by atoms with Crippen molar-refractivity contribution >= 4 is 11.8 Å². The van der Waals surface area contributed by atoms with Crippen LogP contribution in [0, 0.1) is 23.2 Å². The Morgan fingerprint density at radius 1 is 1.15 bits per heavy atom. The van der Waals surface area contributed by atoms with E-state index in [2.05, 4.69) is 15.6 Å². The first-order valence-electron chi connectivity index (χ1n) is 10.1. The third-order valence-corrected chi connectivity index (χ3v) is 6.66. The number of hydrogen-bond acceptors (Lipinski definition) is 4. The van der Waals surface area contributed by atoms with Gasteiger partial charge in [0.05, 0.1) is 7.11 Å². The van der Waals surface area contributed by atoms with Crippen LogP contribution in [-0.2, 0) is 16.1 Å². The summed E-state index contributed by atoms with van der Waals surface area (Å²) in [5.41, 5.74) is 0.798. The lowest BCUT2D eigenvalue weighted by Crippen LogP contribution is -2.53. The van der Waals surface area contributed by atoms with E-state index in [1.54, 1.807) is 19.4 Å². The van der Waals surface area contributed by atoms with E-state index in [0.29, 0.717) is 25.4 Å². The molecule has 0 spiro atoms. The summed E-state index contributed by atoms with van der Waals surface area (Å²) in [5.74, 6) is 2.92. The van der Waals surface area contributed by atoms with Gasteiger partial charge in [-0.3, -0.25) is 9.59 Å². The van der Waals surface area contributed by atoms with Gasteiger partial charge in [0.1, 0.15) is 0 Å². The lowest BCUT2D eigenvalue weighted by molar-refractivity contribution is -0.146. The summed E-state index contributed by atoms with van der Waals surface area (Å²) >= 11 is 0. The molecule has 2 N–H and O–H groups in total. The molecule has 4 aliphatic rings. The predicted octanol–water partition coefficient (Wildman–Crippen LogP) is 2.43. The number of aromatic nitrogens is 1. The summed E-state index contributed by atoms with van der Waals surface area (Å²) in [6.07, 6.45) is 9.12. The Hall–Kier alpha value is -2.11. The molecule has 4 fully saturated rings. The van der Waals surface area contributed by atoms with Crippen LogP contribution in [0.15, 0.2) is 18.3 Å². The fourth-order valence-corrected chi connectivity index (χ4v) is 5.83. The molecule has 6 heteroatoms. The van der Waals surface area contributed by atoms with Gasteiger partial charge in [0.15, 0.2) is 0 Å². The minimum atomic E-state index is -0.140. The zero-order valence-corrected chi connectivity index (χ0v) is 16.0. The lowest BCUT2D eigenvalue weighted by atomic mass is 9.49. The van der Waals surface area contributed by atoms with Crippen molar-refractivity contribution in [3.8, 4) is 5.88 Å². The van der Waals surface area contributed by atoms with E-state index in [-0.39, 0.29) is 17.2 Å². The molecule has 0 unspecified atom stereocenters. The first kappa shape index (κ1) is 18.3. The van der Waals surface area contributed by atoms with Crippen LogP contribution in [0.2, 0.25) is 0 Å². The van der Waals surface area contributed by atoms with Crippen LogP contribution in [0.3, 0.4) is 0 Å². The van der Waals surface area contributed by atoms with Crippen molar-refractivity contribution in [1.29, 1.82) is 0 Å². The number of carbonyl (C=O) groups is 2. The number of pyridine rings is 1. The molecule has 0 radical (unpaired) electrons. The molecule has 1 aromatic heterocycles. The number of ether oxygens (including phenoxy) is 1. The second kappa shape index (κ2) is 7.49. The van der Waals surface area contributed by atoms with Crippen LogP contribution >= 0.6 is 0 Å². The lowest BCUT2D eigenvalue weighted by Gasteiger charge is -2.55. The number of amides is 2. The molecule has 4 saturated carbocycles. The molecule has 5 rings (SSSR count). The maximum absolute atomic E-state index is 12.9. The number of nitrogens with zero attached hydrogens (tertiary/aromatic N) is 1. The van der Waals surface area contributed by atoms with E-state index in [4.69, 9.17) is 4.74 Å². The van der Waals surface area contributed by atoms with Crippen LogP contribution < -0.4 is 15.4 Å². The Bertz CT molecular complexity index is 683. The molecule has 146 valence electrons. The van der Waals surface area contributed by atoms with Crippen molar-refractivity contribution in [2.24, 2.45) is 23.2 Å². The van der Waals surface area contributed by atoms with Gasteiger partial charge in [-0.05, 0) is 67.9 Å². The van der Waals surface area contributed by atoms with Gasteiger partial charge in [-0.2, -0.15) is 0 Å². The molecule has 6 nitrogen and oxygen atoms in total. The summed E-state index contributed by atoms with van der Waals surface area (Å²) in [4.78, 5) is 29.0. The molecule has 4 bridgehead atoms. The van der Waals surface area contributed by atoms with Gasteiger partial charge >= 0.3 is 0 Å². The van der Waals surface area contributed by atoms with Crippen LogP contribution in [0.1, 0.15) is 50.5 Å². The van der Waals surface area contributed by atoms with Gasteiger partial charge < -0.3 is 15.4 Å². The Balaban J connectivity index is 1.21. The molecular weight excluding hydrogens is 342 g/mol. The minimum Gasteiger partial charge on any atom is -0.481 e. The molecule has 0 saturated heterocycles. The normalized spacial score (nSPS) is 30.8. The van der Waals surface area contributed by atoms with E-state index in [9.17, 15) is 9.59 Å². The predicted molar refractivity (Wildman–Crippen MR) is 101 cm³/mol. The molecule has 0 aliphatic heterocycles. The number of rotatable bonds is 7. The maximum Gasteiger partial charge on any atom is 0.226 e. The monoisotopic (exact) mass is 371 g/mol. The zero-order chi connectivity index (χ0) is 18.9. The summed E-state index contributed by atoms with van der Waals surface area (Å²) in [5, 5.41) is 5.94. The third-order valence-electron chi connectivity index (χ3n) is 6.66. The molecule has 0 atom stereocenters. The van der Waals surface area contributed by atoms with E-state index in [1.807, 2.05) is 6.07 Å². The van der Waals surface area contributed by atoms with Gasteiger partial charge in [0, 0.05) is 37.2 Å². The number of carbonyl (C=O) groups excluding carboxylic acids is 2. The van der Waals surface area contributed by atoms with Gasteiger partial charge in [0.2, 0.25) is 17.7 Å². The average Bonchev–Trinajstić information content (AvgIpc) is 2.65. The summed E-state index contributed by atoms with van der Waals surface area (Å²) in [6.45, 7) is 0.840. The van der Waals surface area contributed by atoms with Crippen LogP contribution in [0.5, 0.6) is 5.88 Å². The molecular formula is C21H29N3O3. The van der Waals surface area contributed by atoms with E-state index in [1.165, 1.54) is 19.3 Å². The molecule has 1 heterocycles. The fraction of sp³-hybridized carbons (Fsp3) is 0.667. The van der Waals surface area contributed by atoms with Crippen molar-refractivity contribution in [3.63, 3.8) is 0 Å². The van der Waals surface area contributed by atoms with E-state index in [0.717, 1.165) is 42.6 Å². The maximum atomic E-state index is 12.9. The van der Waals surface area contributed by atoms with Gasteiger partial charge in [0.25, 0.3) is 0 Å². The number of nitrogens with one attached hydrogen (secondary N) is 2.